The van der Waals surface area contributed by atoms with Crippen molar-refractivity contribution in [2.75, 3.05) is 26.2 Å². The summed E-state index contributed by atoms with van der Waals surface area (Å²) in [5.41, 5.74) is 0.213. The van der Waals surface area contributed by atoms with Crippen LogP contribution in [0.2, 0.25) is 0 Å². The molecule has 0 unspecified atom stereocenters. The zero-order valence-electron chi connectivity index (χ0n) is 12.2. The lowest BCUT2D eigenvalue weighted by atomic mass is 10.0. The van der Waals surface area contributed by atoms with Gasteiger partial charge in [-0.05, 0) is 18.1 Å². The molecule has 1 aromatic carbocycles. The van der Waals surface area contributed by atoms with Gasteiger partial charge in [0.25, 0.3) is 0 Å². The first-order chi connectivity index (χ1) is 9.54. The highest BCUT2D eigenvalue weighted by atomic mass is 35.5. The molecule has 1 fully saturated rings. The number of aromatic hydroxyl groups is 2. The van der Waals surface area contributed by atoms with Gasteiger partial charge in [-0.2, -0.15) is 0 Å². The maximum absolute atomic E-state index is 10.9. The first kappa shape index (κ1) is 20.7. The number of halogens is 2. The van der Waals surface area contributed by atoms with Gasteiger partial charge in [0.1, 0.15) is 0 Å². The molecular formula is C13H21Cl2N3O4. The summed E-state index contributed by atoms with van der Waals surface area (Å²) >= 11 is 0. The molecule has 1 aliphatic rings. The number of nitro benzene ring substituents is 1. The molecule has 1 aliphatic heterocycles. The summed E-state index contributed by atoms with van der Waals surface area (Å²) in [6, 6.07) is 2.77. The van der Waals surface area contributed by atoms with Gasteiger partial charge in [-0.25, -0.2) is 0 Å². The Morgan fingerprint density at radius 2 is 1.91 bits per heavy atom. The smallest absolute Gasteiger partial charge is 0.314 e. The van der Waals surface area contributed by atoms with Gasteiger partial charge < -0.3 is 15.5 Å². The second-order valence-electron chi connectivity index (χ2n) is 4.87. The third-order valence-electron chi connectivity index (χ3n) is 3.65. The van der Waals surface area contributed by atoms with E-state index in [0.717, 1.165) is 32.6 Å². The van der Waals surface area contributed by atoms with Gasteiger partial charge in [-0.3, -0.25) is 15.0 Å². The molecule has 1 saturated heterocycles. The van der Waals surface area contributed by atoms with Crippen molar-refractivity contribution in [3.63, 3.8) is 0 Å². The largest absolute Gasteiger partial charge is 0.504 e. The molecule has 1 aromatic rings. The van der Waals surface area contributed by atoms with Crippen LogP contribution in [-0.4, -0.2) is 46.2 Å². The number of benzene rings is 1. The number of piperazine rings is 1. The second-order valence-corrected chi connectivity index (χ2v) is 4.87. The first-order valence-corrected chi connectivity index (χ1v) is 6.69. The van der Waals surface area contributed by atoms with E-state index in [-0.39, 0.29) is 30.9 Å². The van der Waals surface area contributed by atoms with Crippen molar-refractivity contribution in [2.24, 2.45) is 0 Å². The SMILES string of the molecule is CC[C@H](c1cc(O)c(O)c([N+](=O)[O-])c1)N1CCNCC1.Cl.Cl. The van der Waals surface area contributed by atoms with E-state index in [2.05, 4.69) is 10.2 Å². The average Bonchev–Trinajstić information content (AvgIpc) is 2.44. The summed E-state index contributed by atoms with van der Waals surface area (Å²) in [7, 11) is 0. The molecule has 0 spiro atoms. The Bertz CT molecular complexity index is 510. The molecule has 0 radical (unpaired) electrons. The average molecular weight is 354 g/mol. The minimum atomic E-state index is -0.678. The summed E-state index contributed by atoms with van der Waals surface area (Å²) in [4.78, 5) is 12.5. The fourth-order valence-corrected chi connectivity index (χ4v) is 2.66. The van der Waals surface area contributed by atoms with E-state index >= 15 is 0 Å². The zero-order chi connectivity index (χ0) is 14.7. The summed E-state index contributed by atoms with van der Waals surface area (Å²) in [5, 5.41) is 33.4. The van der Waals surface area contributed by atoms with Crippen molar-refractivity contribution in [2.45, 2.75) is 19.4 Å². The first-order valence-electron chi connectivity index (χ1n) is 6.69. The van der Waals surface area contributed by atoms with Crippen molar-refractivity contribution in [1.29, 1.82) is 0 Å². The van der Waals surface area contributed by atoms with Crippen LogP contribution in [0.3, 0.4) is 0 Å². The standard InChI is InChI=1S/C13H19N3O4.2ClH/c1-2-10(15-5-3-14-4-6-15)9-7-11(16(19)20)13(18)12(17)8-9;;/h7-8,10,14,17-18H,2-6H2,1H3;2*1H/t10-;;/m1../s1. The van der Waals surface area contributed by atoms with Crippen LogP contribution in [0.25, 0.3) is 0 Å². The third kappa shape index (κ3) is 4.36. The van der Waals surface area contributed by atoms with E-state index in [1.165, 1.54) is 12.1 Å². The van der Waals surface area contributed by atoms with Crippen molar-refractivity contribution in [3.05, 3.63) is 27.8 Å². The van der Waals surface area contributed by atoms with Crippen molar-refractivity contribution < 1.29 is 15.1 Å². The lowest BCUT2D eigenvalue weighted by Crippen LogP contribution is -2.45. The number of nitrogens with zero attached hydrogens (tertiary/aromatic N) is 2. The lowest BCUT2D eigenvalue weighted by molar-refractivity contribution is -0.386. The number of hydrogen-bond acceptors (Lipinski definition) is 6. The van der Waals surface area contributed by atoms with Crippen LogP contribution in [-0.2, 0) is 0 Å². The minimum absolute atomic E-state index is 0. The van der Waals surface area contributed by atoms with Crippen LogP contribution in [0, 0.1) is 10.1 Å². The summed E-state index contributed by atoms with van der Waals surface area (Å²) < 4.78 is 0. The van der Waals surface area contributed by atoms with E-state index < -0.39 is 22.1 Å². The van der Waals surface area contributed by atoms with Crippen LogP contribution in [0.1, 0.15) is 24.9 Å². The fraction of sp³-hybridized carbons (Fsp3) is 0.538. The summed E-state index contributed by atoms with van der Waals surface area (Å²) in [6.07, 6.45) is 0.779. The normalized spacial score (nSPS) is 16.2. The zero-order valence-corrected chi connectivity index (χ0v) is 13.8. The monoisotopic (exact) mass is 353 g/mol. The van der Waals surface area contributed by atoms with Gasteiger partial charge in [0.2, 0.25) is 5.75 Å². The highest BCUT2D eigenvalue weighted by Crippen LogP contribution is 2.39. The van der Waals surface area contributed by atoms with Crippen LogP contribution in [0.15, 0.2) is 12.1 Å². The van der Waals surface area contributed by atoms with Crippen molar-refractivity contribution >= 4 is 30.5 Å². The van der Waals surface area contributed by atoms with Gasteiger partial charge >= 0.3 is 5.69 Å². The van der Waals surface area contributed by atoms with Gasteiger partial charge in [0.15, 0.2) is 5.75 Å². The van der Waals surface area contributed by atoms with E-state index in [1.54, 1.807) is 0 Å². The predicted octanol–water partition coefficient (Wildman–Crippen LogP) is 2.21. The number of phenolic OH excluding ortho intramolecular Hbond substituents is 2. The van der Waals surface area contributed by atoms with Crippen LogP contribution in [0.5, 0.6) is 11.5 Å². The molecule has 9 heteroatoms. The molecule has 1 atom stereocenters. The Morgan fingerprint density at radius 3 is 2.41 bits per heavy atom. The quantitative estimate of drug-likeness (QED) is 0.436. The number of nitro groups is 1. The van der Waals surface area contributed by atoms with Gasteiger partial charge in [-0.1, -0.05) is 6.92 Å². The fourth-order valence-electron chi connectivity index (χ4n) is 2.66. The topological polar surface area (TPSA) is 98.9 Å². The maximum Gasteiger partial charge on any atom is 0.314 e. The Morgan fingerprint density at radius 1 is 1.32 bits per heavy atom. The number of hydrogen-bond donors (Lipinski definition) is 3. The molecule has 1 heterocycles. The van der Waals surface area contributed by atoms with Gasteiger partial charge in [0.05, 0.1) is 4.92 Å². The molecule has 0 amide bonds. The van der Waals surface area contributed by atoms with Crippen LogP contribution >= 0.6 is 24.8 Å². The predicted molar refractivity (Wildman–Crippen MR) is 88.4 cm³/mol. The van der Waals surface area contributed by atoms with Gasteiger partial charge in [0, 0.05) is 38.3 Å². The maximum atomic E-state index is 10.9. The molecular weight excluding hydrogens is 333 g/mol. The number of phenols is 2. The van der Waals surface area contributed by atoms with E-state index in [1.807, 2.05) is 6.92 Å². The molecule has 7 nitrogen and oxygen atoms in total. The third-order valence-corrected chi connectivity index (χ3v) is 3.65. The lowest BCUT2D eigenvalue weighted by Gasteiger charge is -2.34. The molecule has 22 heavy (non-hydrogen) atoms. The molecule has 2 rings (SSSR count). The second kappa shape index (κ2) is 8.99. The summed E-state index contributed by atoms with van der Waals surface area (Å²) in [5.74, 6) is -1.11. The Labute approximate surface area is 141 Å². The molecule has 0 aromatic heterocycles. The molecule has 0 aliphatic carbocycles. The van der Waals surface area contributed by atoms with Crippen molar-refractivity contribution in [3.8, 4) is 11.5 Å². The summed E-state index contributed by atoms with van der Waals surface area (Å²) in [6.45, 7) is 5.47. The molecule has 3 N–H and O–H groups in total. The van der Waals surface area contributed by atoms with Gasteiger partial charge in [-0.15, -0.1) is 24.8 Å². The van der Waals surface area contributed by atoms with Crippen molar-refractivity contribution in [1.82, 2.24) is 10.2 Å². The molecule has 126 valence electrons. The Balaban J connectivity index is 0.00000220. The van der Waals surface area contributed by atoms with E-state index in [9.17, 15) is 20.3 Å². The van der Waals surface area contributed by atoms with E-state index in [4.69, 9.17) is 0 Å². The number of rotatable bonds is 4. The molecule has 0 saturated carbocycles. The van der Waals surface area contributed by atoms with E-state index in [0.29, 0.717) is 5.56 Å². The number of nitrogens with one attached hydrogen (secondary N) is 1. The van der Waals surface area contributed by atoms with Crippen LogP contribution < -0.4 is 5.32 Å². The Hall–Kier alpha value is -1.28. The highest BCUT2D eigenvalue weighted by molar-refractivity contribution is 5.85. The minimum Gasteiger partial charge on any atom is -0.504 e. The van der Waals surface area contributed by atoms with Crippen LogP contribution in [0.4, 0.5) is 5.69 Å². The highest BCUT2D eigenvalue weighted by Gasteiger charge is 2.26. The Kier molecular flexibility index (Phi) is 8.47. The molecule has 0 bridgehead atoms.